The third kappa shape index (κ3) is 3.25. The Morgan fingerprint density at radius 3 is 2.56 bits per heavy atom. The quantitative estimate of drug-likeness (QED) is 0.671. The van der Waals surface area contributed by atoms with Crippen LogP contribution in [0.4, 0.5) is 0 Å². The van der Waals surface area contributed by atoms with Crippen LogP contribution in [0.5, 0.6) is 0 Å². The van der Waals surface area contributed by atoms with Gasteiger partial charge in [-0.05, 0) is 29.8 Å². The standard InChI is InChI=1S/C14H12Cl2N2/c15-11-5-3-4-10(8-11)9-18-14(17)12-6-1-2-7-13(12)16/h1-8H,9H2,(H2,17,18). The number of rotatable bonds is 3. The number of halogens is 2. The Hall–Kier alpha value is -1.51. The maximum Gasteiger partial charge on any atom is 0.127 e. The zero-order chi connectivity index (χ0) is 13.0. The Kier molecular flexibility index (Phi) is 4.24. The minimum Gasteiger partial charge on any atom is -0.383 e. The van der Waals surface area contributed by atoms with Crippen molar-refractivity contribution < 1.29 is 0 Å². The van der Waals surface area contributed by atoms with E-state index >= 15 is 0 Å². The van der Waals surface area contributed by atoms with Crippen LogP contribution < -0.4 is 5.73 Å². The van der Waals surface area contributed by atoms with Crippen molar-refractivity contribution in [3.8, 4) is 0 Å². The largest absolute Gasteiger partial charge is 0.383 e. The van der Waals surface area contributed by atoms with Crippen LogP contribution in [0.15, 0.2) is 53.5 Å². The molecule has 0 aliphatic carbocycles. The Morgan fingerprint density at radius 2 is 1.83 bits per heavy atom. The maximum absolute atomic E-state index is 6.04. The van der Waals surface area contributed by atoms with E-state index in [-0.39, 0.29) is 0 Å². The highest BCUT2D eigenvalue weighted by molar-refractivity contribution is 6.34. The molecular weight excluding hydrogens is 267 g/mol. The van der Waals surface area contributed by atoms with E-state index in [1.807, 2.05) is 42.5 Å². The summed E-state index contributed by atoms with van der Waals surface area (Å²) in [7, 11) is 0. The van der Waals surface area contributed by atoms with Crippen molar-refractivity contribution in [1.82, 2.24) is 0 Å². The van der Waals surface area contributed by atoms with Crippen LogP contribution in [0.1, 0.15) is 11.1 Å². The Labute approximate surface area is 116 Å². The topological polar surface area (TPSA) is 38.4 Å². The fourth-order valence-corrected chi connectivity index (χ4v) is 2.01. The molecule has 0 spiro atoms. The lowest BCUT2D eigenvalue weighted by Crippen LogP contribution is -2.14. The molecule has 0 aromatic heterocycles. The molecule has 2 aromatic rings. The molecule has 0 atom stereocenters. The summed E-state index contributed by atoms with van der Waals surface area (Å²) in [6.07, 6.45) is 0. The van der Waals surface area contributed by atoms with Crippen LogP contribution in [-0.4, -0.2) is 5.84 Å². The molecule has 0 aliphatic heterocycles. The first-order chi connectivity index (χ1) is 8.66. The summed E-state index contributed by atoms with van der Waals surface area (Å²) in [5.41, 5.74) is 7.68. The smallest absolute Gasteiger partial charge is 0.127 e. The van der Waals surface area contributed by atoms with Crippen LogP contribution in [0.25, 0.3) is 0 Å². The fraction of sp³-hybridized carbons (Fsp3) is 0.0714. The van der Waals surface area contributed by atoms with Gasteiger partial charge < -0.3 is 5.73 Å². The number of hydrogen-bond donors (Lipinski definition) is 1. The molecule has 4 heteroatoms. The van der Waals surface area contributed by atoms with Crippen LogP contribution in [0.2, 0.25) is 10.0 Å². The van der Waals surface area contributed by atoms with E-state index in [0.29, 0.717) is 22.4 Å². The van der Waals surface area contributed by atoms with Crippen molar-refractivity contribution in [2.75, 3.05) is 0 Å². The second-order valence-corrected chi connectivity index (χ2v) is 4.65. The van der Waals surface area contributed by atoms with Gasteiger partial charge in [-0.3, -0.25) is 4.99 Å². The van der Waals surface area contributed by atoms with Crippen LogP contribution in [0, 0.1) is 0 Å². The lowest BCUT2D eigenvalue weighted by molar-refractivity contribution is 1.06. The van der Waals surface area contributed by atoms with E-state index in [0.717, 1.165) is 11.1 Å². The summed E-state index contributed by atoms with van der Waals surface area (Å²) in [6.45, 7) is 0.484. The molecule has 18 heavy (non-hydrogen) atoms. The highest BCUT2D eigenvalue weighted by atomic mass is 35.5. The summed E-state index contributed by atoms with van der Waals surface area (Å²) in [5, 5.41) is 1.30. The van der Waals surface area contributed by atoms with Crippen molar-refractivity contribution in [2.45, 2.75) is 6.54 Å². The average Bonchev–Trinajstić information content (AvgIpc) is 2.37. The van der Waals surface area contributed by atoms with Crippen molar-refractivity contribution in [2.24, 2.45) is 10.7 Å². The van der Waals surface area contributed by atoms with E-state index < -0.39 is 0 Å². The molecule has 0 amide bonds. The molecular formula is C14H12Cl2N2. The number of nitrogens with two attached hydrogens (primary N) is 1. The van der Waals surface area contributed by atoms with Gasteiger partial charge in [0.1, 0.15) is 5.84 Å². The summed E-state index contributed by atoms with van der Waals surface area (Å²) < 4.78 is 0. The zero-order valence-corrected chi connectivity index (χ0v) is 11.1. The van der Waals surface area contributed by atoms with Crippen LogP contribution in [-0.2, 0) is 6.54 Å². The van der Waals surface area contributed by atoms with Gasteiger partial charge in [-0.25, -0.2) is 0 Å². The van der Waals surface area contributed by atoms with E-state index in [4.69, 9.17) is 28.9 Å². The molecule has 2 nitrogen and oxygen atoms in total. The molecule has 0 heterocycles. The lowest BCUT2D eigenvalue weighted by atomic mass is 10.2. The molecule has 2 rings (SSSR count). The predicted octanol–water partition coefficient (Wildman–Crippen LogP) is 3.90. The highest BCUT2D eigenvalue weighted by Crippen LogP contribution is 2.15. The lowest BCUT2D eigenvalue weighted by Gasteiger charge is -2.04. The molecule has 0 unspecified atom stereocenters. The molecule has 2 N–H and O–H groups in total. The SMILES string of the molecule is NC(=NCc1cccc(Cl)c1)c1ccccc1Cl. The minimum atomic E-state index is 0.431. The first-order valence-electron chi connectivity index (χ1n) is 5.46. The van der Waals surface area contributed by atoms with Crippen molar-refractivity contribution in [3.05, 3.63) is 69.7 Å². The third-order valence-electron chi connectivity index (χ3n) is 2.47. The maximum atomic E-state index is 6.04. The number of nitrogens with zero attached hydrogens (tertiary/aromatic N) is 1. The molecule has 0 fully saturated rings. The normalized spacial score (nSPS) is 11.6. The number of amidine groups is 1. The second kappa shape index (κ2) is 5.89. The molecule has 0 saturated carbocycles. The zero-order valence-electron chi connectivity index (χ0n) is 9.61. The monoisotopic (exact) mass is 278 g/mol. The van der Waals surface area contributed by atoms with E-state index in [9.17, 15) is 0 Å². The second-order valence-electron chi connectivity index (χ2n) is 3.81. The highest BCUT2D eigenvalue weighted by Gasteiger charge is 2.03. The summed E-state index contributed by atoms with van der Waals surface area (Å²) in [5.74, 6) is 0.431. The van der Waals surface area contributed by atoms with Gasteiger partial charge in [-0.1, -0.05) is 47.5 Å². The van der Waals surface area contributed by atoms with Gasteiger partial charge in [0.15, 0.2) is 0 Å². The van der Waals surface area contributed by atoms with Gasteiger partial charge in [0.05, 0.1) is 11.6 Å². The number of hydrogen-bond acceptors (Lipinski definition) is 1. The van der Waals surface area contributed by atoms with E-state index in [1.54, 1.807) is 6.07 Å². The first-order valence-corrected chi connectivity index (χ1v) is 6.21. The molecule has 0 radical (unpaired) electrons. The van der Waals surface area contributed by atoms with Gasteiger partial charge >= 0.3 is 0 Å². The fourth-order valence-electron chi connectivity index (χ4n) is 1.57. The van der Waals surface area contributed by atoms with Crippen molar-refractivity contribution in [3.63, 3.8) is 0 Å². The molecule has 0 aliphatic rings. The van der Waals surface area contributed by atoms with Crippen molar-refractivity contribution >= 4 is 29.0 Å². The minimum absolute atomic E-state index is 0.431. The average molecular weight is 279 g/mol. The van der Waals surface area contributed by atoms with Gasteiger partial charge in [0, 0.05) is 10.6 Å². The van der Waals surface area contributed by atoms with E-state index in [1.165, 1.54) is 0 Å². The van der Waals surface area contributed by atoms with Crippen LogP contribution >= 0.6 is 23.2 Å². The van der Waals surface area contributed by atoms with Gasteiger partial charge in [0.2, 0.25) is 0 Å². The van der Waals surface area contributed by atoms with Crippen molar-refractivity contribution in [1.29, 1.82) is 0 Å². The van der Waals surface area contributed by atoms with Gasteiger partial charge in [-0.15, -0.1) is 0 Å². The molecule has 2 aromatic carbocycles. The summed E-state index contributed by atoms with van der Waals surface area (Å²) >= 11 is 11.9. The van der Waals surface area contributed by atoms with Gasteiger partial charge in [-0.2, -0.15) is 0 Å². The molecule has 0 saturated heterocycles. The number of aliphatic imine (C=N–C) groups is 1. The van der Waals surface area contributed by atoms with Crippen LogP contribution in [0.3, 0.4) is 0 Å². The Bertz CT molecular complexity index is 580. The first kappa shape index (κ1) is 12.9. The third-order valence-corrected chi connectivity index (χ3v) is 3.04. The molecule has 0 bridgehead atoms. The summed E-state index contributed by atoms with van der Waals surface area (Å²) in [6, 6.07) is 14.9. The van der Waals surface area contributed by atoms with E-state index in [2.05, 4.69) is 4.99 Å². The van der Waals surface area contributed by atoms with Gasteiger partial charge in [0.25, 0.3) is 0 Å². The number of benzene rings is 2. The summed E-state index contributed by atoms with van der Waals surface area (Å²) in [4.78, 5) is 4.32. The Morgan fingerprint density at radius 1 is 1.06 bits per heavy atom. The molecule has 92 valence electrons. The Balaban J connectivity index is 2.17. The predicted molar refractivity (Wildman–Crippen MR) is 77.3 cm³/mol.